The molecule has 0 aromatic rings. The zero-order valence-electron chi connectivity index (χ0n) is 7.01. The van der Waals surface area contributed by atoms with Crippen molar-refractivity contribution in [2.45, 2.75) is 12.5 Å². The maximum absolute atomic E-state index is 3.45. The van der Waals surface area contributed by atoms with E-state index in [9.17, 15) is 0 Å². The Labute approximate surface area is 68.1 Å². The van der Waals surface area contributed by atoms with E-state index in [1.807, 2.05) is 0 Å². The van der Waals surface area contributed by atoms with Crippen LogP contribution in [0.3, 0.4) is 0 Å². The topological polar surface area (TPSA) is 24.1 Å². The molecule has 1 saturated heterocycles. The summed E-state index contributed by atoms with van der Waals surface area (Å²) in [4.78, 5) is 0. The highest BCUT2D eigenvalue weighted by molar-refractivity contribution is 5.07. The fraction of sp³-hybridized carbons (Fsp3) is 0.778. The van der Waals surface area contributed by atoms with Gasteiger partial charge in [0.2, 0.25) is 0 Å². The zero-order valence-corrected chi connectivity index (χ0v) is 7.01. The number of likely N-dealkylation sites (N-methyl/N-ethyl adjacent to an activating group) is 1. The first kappa shape index (κ1) is 7.32. The summed E-state index contributed by atoms with van der Waals surface area (Å²) >= 11 is 0. The molecule has 1 heterocycles. The molecule has 2 aliphatic rings. The molecule has 11 heavy (non-hydrogen) atoms. The van der Waals surface area contributed by atoms with Crippen LogP contribution in [0.15, 0.2) is 12.2 Å². The van der Waals surface area contributed by atoms with E-state index in [4.69, 9.17) is 0 Å². The number of fused-ring (bicyclic) bond motifs is 1. The fourth-order valence-electron chi connectivity index (χ4n) is 2.28. The van der Waals surface area contributed by atoms with Crippen LogP contribution in [0.1, 0.15) is 6.42 Å². The lowest BCUT2D eigenvalue weighted by Crippen LogP contribution is -2.37. The molecule has 1 aliphatic carbocycles. The standard InChI is InChI=1S/C9H16N2/c1-10-9-4-2-3-7-5-11-6-8(7)9/h2,4,7-11H,3,5-6H2,1H3/t7-,8+,9-/m0/s1. The molecule has 62 valence electrons. The molecule has 0 amide bonds. The van der Waals surface area contributed by atoms with Crippen molar-refractivity contribution in [1.82, 2.24) is 10.6 Å². The smallest absolute Gasteiger partial charge is 0.0290 e. The third-order valence-corrected chi connectivity index (χ3v) is 2.97. The molecule has 0 saturated carbocycles. The third-order valence-electron chi connectivity index (χ3n) is 2.97. The number of nitrogens with one attached hydrogen (secondary N) is 2. The van der Waals surface area contributed by atoms with Crippen molar-refractivity contribution in [2.24, 2.45) is 11.8 Å². The summed E-state index contributed by atoms with van der Waals surface area (Å²) in [6.45, 7) is 2.41. The van der Waals surface area contributed by atoms with Crippen LogP contribution in [0.5, 0.6) is 0 Å². The summed E-state index contributed by atoms with van der Waals surface area (Å²) in [6.07, 6.45) is 5.90. The van der Waals surface area contributed by atoms with Crippen LogP contribution >= 0.6 is 0 Å². The van der Waals surface area contributed by atoms with Crippen LogP contribution in [0.2, 0.25) is 0 Å². The SMILES string of the molecule is CN[C@H]1C=CC[C@H]2CNC[C@H]21. The van der Waals surface area contributed by atoms with Crippen LogP contribution in [0, 0.1) is 11.8 Å². The van der Waals surface area contributed by atoms with Crippen LogP contribution in [0.4, 0.5) is 0 Å². The monoisotopic (exact) mass is 152 g/mol. The van der Waals surface area contributed by atoms with E-state index in [1.165, 1.54) is 19.5 Å². The summed E-state index contributed by atoms with van der Waals surface area (Å²) in [6, 6.07) is 0.615. The van der Waals surface area contributed by atoms with E-state index < -0.39 is 0 Å². The Bertz CT molecular complexity index is 165. The first-order valence-electron chi connectivity index (χ1n) is 4.46. The molecule has 0 aromatic carbocycles. The molecule has 0 spiro atoms. The summed E-state index contributed by atoms with van der Waals surface area (Å²) in [5.74, 6) is 1.72. The Morgan fingerprint density at radius 2 is 2.36 bits per heavy atom. The molecular formula is C9H16N2. The van der Waals surface area contributed by atoms with E-state index in [2.05, 4.69) is 29.8 Å². The van der Waals surface area contributed by atoms with Gasteiger partial charge in [-0.05, 0) is 31.8 Å². The lowest BCUT2D eigenvalue weighted by atomic mass is 9.82. The molecule has 1 fully saturated rings. The van der Waals surface area contributed by atoms with Gasteiger partial charge in [-0.25, -0.2) is 0 Å². The highest BCUT2D eigenvalue weighted by Crippen LogP contribution is 2.28. The maximum atomic E-state index is 3.45. The van der Waals surface area contributed by atoms with Crippen LogP contribution in [-0.2, 0) is 0 Å². The molecule has 3 atom stereocenters. The maximum Gasteiger partial charge on any atom is 0.0290 e. The Balaban J connectivity index is 2.09. The summed E-state index contributed by atoms with van der Waals surface area (Å²) in [7, 11) is 2.05. The average Bonchev–Trinajstić information content (AvgIpc) is 2.50. The van der Waals surface area contributed by atoms with Gasteiger partial charge < -0.3 is 10.6 Å². The van der Waals surface area contributed by atoms with Crippen molar-refractivity contribution in [1.29, 1.82) is 0 Å². The van der Waals surface area contributed by atoms with Crippen molar-refractivity contribution in [3.05, 3.63) is 12.2 Å². The highest BCUT2D eigenvalue weighted by Gasteiger charge is 2.32. The predicted octanol–water partition coefficient (Wildman–Crippen LogP) is 0.370. The Kier molecular flexibility index (Phi) is 1.96. The number of hydrogen-bond acceptors (Lipinski definition) is 2. The number of hydrogen-bond donors (Lipinski definition) is 2. The first-order valence-corrected chi connectivity index (χ1v) is 4.46. The molecule has 2 nitrogen and oxygen atoms in total. The summed E-state index contributed by atoms with van der Waals surface area (Å²) < 4.78 is 0. The van der Waals surface area contributed by atoms with E-state index in [1.54, 1.807) is 0 Å². The zero-order chi connectivity index (χ0) is 7.68. The predicted molar refractivity (Wildman–Crippen MR) is 46.5 cm³/mol. The lowest BCUT2D eigenvalue weighted by Gasteiger charge is -2.28. The van der Waals surface area contributed by atoms with Gasteiger partial charge in [0.1, 0.15) is 0 Å². The van der Waals surface area contributed by atoms with Gasteiger partial charge in [0.05, 0.1) is 0 Å². The third kappa shape index (κ3) is 1.21. The molecule has 0 aromatic heterocycles. The van der Waals surface area contributed by atoms with Crippen molar-refractivity contribution in [3.8, 4) is 0 Å². The van der Waals surface area contributed by atoms with Gasteiger partial charge in [0, 0.05) is 12.6 Å². The van der Waals surface area contributed by atoms with Crippen LogP contribution < -0.4 is 10.6 Å². The average molecular weight is 152 g/mol. The van der Waals surface area contributed by atoms with Crippen LogP contribution in [-0.4, -0.2) is 26.2 Å². The molecule has 0 unspecified atom stereocenters. The van der Waals surface area contributed by atoms with Crippen LogP contribution in [0.25, 0.3) is 0 Å². The van der Waals surface area contributed by atoms with Crippen molar-refractivity contribution in [2.75, 3.05) is 20.1 Å². The van der Waals surface area contributed by atoms with Crippen molar-refractivity contribution in [3.63, 3.8) is 0 Å². The molecule has 0 radical (unpaired) electrons. The Morgan fingerprint density at radius 1 is 1.45 bits per heavy atom. The van der Waals surface area contributed by atoms with Gasteiger partial charge >= 0.3 is 0 Å². The minimum Gasteiger partial charge on any atom is -0.316 e. The number of rotatable bonds is 1. The second-order valence-electron chi connectivity index (χ2n) is 3.56. The lowest BCUT2D eigenvalue weighted by molar-refractivity contribution is 0.341. The molecular weight excluding hydrogens is 136 g/mol. The fourth-order valence-corrected chi connectivity index (χ4v) is 2.28. The van der Waals surface area contributed by atoms with Gasteiger partial charge in [-0.3, -0.25) is 0 Å². The van der Waals surface area contributed by atoms with E-state index in [-0.39, 0.29) is 0 Å². The quantitative estimate of drug-likeness (QED) is 0.530. The summed E-state index contributed by atoms with van der Waals surface area (Å²) in [5.41, 5.74) is 0. The largest absolute Gasteiger partial charge is 0.316 e. The van der Waals surface area contributed by atoms with Gasteiger partial charge in [0.15, 0.2) is 0 Å². The van der Waals surface area contributed by atoms with E-state index in [0.29, 0.717) is 6.04 Å². The second kappa shape index (κ2) is 2.95. The summed E-state index contributed by atoms with van der Waals surface area (Å²) in [5, 5.41) is 6.80. The molecule has 2 N–H and O–H groups in total. The second-order valence-corrected chi connectivity index (χ2v) is 3.56. The Morgan fingerprint density at radius 3 is 3.18 bits per heavy atom. The minimum absolute atomic E-state index is 0.615. The van der Waals surface area contributed by atoms with Gasteiger partial charge in [-0.1, -0.05) is 12.2 Å². The molecule has 1 aliphatic heterocycles. The first-order chi connectivity index (χ1) is 5.42. The molecule has 0 bridgehead atoms. The van der Waals surface area contributed by atoms with Crippen molar-refractivity contribution >= 4 is 0 Å². The minimum atomic E-state index is 0.615. The highest BCUT2D eigenvalue weighted by atomic mass is 15.0. The van der Waals surface area contributed by atoms with Gasteiger partial charge in [-0.2, -0.15) is 0 Å². The van der Waals surface area contributed by atoms with Gasteiger partial charge in [-0.15, -0.1) is 0 Å². The van der Waals surface area contributed by atoms with E-state index in [0.717, 1.165) is 11.8 Å². The normalized spacial score (nSPS) is 42.5. The van der Waals surface area contributed by atoms with Gasteiger partial charge in [0.25, 0.3) is 0 Å². The van der Waals surface area contributed by atoms with E-state index >= 15 is 0 Å². The number of allylic oxidation sites excluding steroid dienone is 1. The van der Waals surface area contributed by atoms with Crippen molar-refractivity contribution < 1.29 is 0 Å². The Hall–Kier alpha value is -0.340. The molecule has 2 rings (SSSR count). The molecule has 2 heteroatoms.